The Morgan fingerprint density at radius 2 is 2.17 bits per heavy atom. The molecular formula is C13H19FN2O2. The minimum atomic E-state index is -0.465. The summed E-state index contributed by atoms with van der Waals surface area (Å²) in [7, 11) is 1.47. The van der Waals surface area contributed by atoms with Gasteiger partial charge >= 0.3 is 0 Å². The molecule has 1 aromatic rings. The van der Waals surface area contributed by atoms with Gasteiger partial charge in [0.15, 0.2) is 0 Å². The van der Waals surface area contributed by atoms with Crippen LogP contribution < -0.4 is 15.8 Å². The second-order valence-electron chi connectivity index (χ2n) is 4.33. The second-order valence-corrected chi connectivity index (χ2v) is 4.33. The van der Waals surface area contributed by atoms with E-state index in [9.17, 15) is 9.18 Å². The largest absolute Gasteiger partial charge is 0.496 e. The van der Waals surface area contributed by atoms with Crippen LogP contribution in [-0.4, -0.2) is 19.1 Å². The predicted molar refractivity (Wildman–Crippen MR) is 67.8 cm³/mol. The number of rotatable bonds is 5. The molecule has 0 aromatic heterocycles. The van der Waals surface area contributed by atoms with Gasteiger partial charge in [0.25, 0.3) is 0 Å². The fourth-order valence-corrected chi connectivity index (χ4v) is 1.78. The number of nitrogens with two attached hydrogens (primary N) is 1. The van der Waals surface area contributed by atoms with Gasteiger partial charge in [0.2, 0.25) is 5.91 Å². The number of benzene rings is 1. The summed E-state index contributed by atoms with van der Waals surface area (Å²) in [4.78, 5) is 11.6. The molecule has 1 rings (SSSR count). The summed E-state index contributed by atoms with van der Waals surface area (Å²) >= 11 is 0. The SMILES string of the molecule is COc1cccc(F)c1C(C)NC(=O)CC(C)N. The molecule has 5 heteroatoms. The second kappa shape index (κ2) is 6.35. The van der Waals surface area contributed by atoms with Crippen molar-refractivity contribution in [1.82, 2.24) is 5.32 Å². The van der Waals surface area contributed by atoms with Gasteiger partial charge in [-0.3, -0.25) is 4.79 Å². The predicted octanol–water partition coefficient (Wildman–Crippen LogP) is 1.75. The van der Waals surface area contributed by atoms with Gasteiger partial charge < -0.3 is 15.8 Å². The lowest BCUT2D eigenvalue weighted by Crippen LogP contribution is -2.32. The highest BCUT2D eigenvalue weighted by Crippen LogP contribution is 2.27. The molecule has 0 heterocycles. The number of nitrogens with one attached hydrogen (secondary N) is 1. The summed E-state index contributed by atoms with van der Waals surface area (Å²) in [6.07, 6.45) is 0.209. The highest BCUT2D eigenvalue weighted by Gasteiger charge is 2.18. The van der Waals surface area contributed by atoms with Gasteiger partial charge in [-0.2, -0.15) is 0 Å². The molecule has 2 atom stereocenters. The van der Waals surface area contributed by atoms with Crippen molar-refractivity contribution in [3.8, 4) is 5.75 Å². The fourth-order valence-electron chi connectivity index (χ4n) is 1.78. The van der Waals surface area contributed by atoms with Crippen molar-refractivity contribution in [3.05, 3.63) is 29.6 Å². The Hall–Kier alpha value is -1.62. The number of methoxy groups -OCH3 is 1. The summed E-state index contributed by atoms with van der Waals surface area (Å²) in [6, 6.07) is 3.87. The van der Waals surface area contributed by atoms with E-state index in [4.69, 9.17) is 10.5 Å². The molecule has 0 aliphatic carbocycles. The molecule has 2 unspecified atom stereocenters. The monoisotopic (exact) mass is 254 g/mol. The molecule has 0 bridgehead atoms. The van der Waals surface area contributed by atoms with E-state index in [1.54, 1.807) is 26.0 Å². The minimum Gasteiger partial charge on any atom is -0.496 e. The lowest BCUT2D eigenvalue weighted by atomic mass is 10.1. The first-order chi connectivity index (χ1) is 8.45. The third kappa shape index (κ3) is 3.70. The summed E-state index contributed by atoms with van der Waals surface area (Å²) in [6.45, 7) is 3.45. The molecule has 0 saturated heterocycles. The third-order valence-corrected chi connectivity index (χ3v) is 2.55. The minimum absolute atomic E-state index is 0.206. The quantitative estimate of drug-likeness (QED) is 0.841. The van der Waals surface area contributed by atoms with E-state index in [1.165, 1.54) is 13.2 Å². The van der Waals surface area contributed by atoms with Crippen molar-refractivity contribution < 1.29 is 13.9 Å². The fraction of sp³-hybridized carbons (Fsp3) is 0.462. The molecule has 0 aliphatic rings. The molecule has 100 valence electrons. The molecule has 0 aliphatic heterocycles. The normalized spacial score (nSPS) is 13.8. The van der Waals surface area contributed by atoms with Crippen LogP contribution in [0, 0.1) is 5.82 Å². The Morgan fingerprint density at radius 3 is 2.72 bits per heavy atom. The molecular weight excluding hydrogens is 235 g/mol. The van der Waals surface area contributed by atoms with E-state index < -0.39 is 11.9 Å². The standard InChI is InChI=1S/C13H19FN2O2/c1-8(15)7-12(17)16-9(2)13-10(14)5-4-6-11(13)18-3/h4-6,8-9H,7,15H2,1-3H3,(H,16,17). The smallest absolute Gasteiger partial charge is 0.222 e. The van der Waals surface area contributed by atoms with Crippen LogP contribution in [-0.2, 0) is 4.79 Å². The Kier molecular flexibility index (Phi) is 5.09. The van der Waals surface area contributed by atoms with Crippen LogP contribution in [0.1, 0.15) is 31.9 Å². The molecule has 18 heavy (non-hydrogen) atoms. The van der Waals surface area contributed by atoms with Crippen molar-refractivity contribution in [1.29, 1.82) is 0 Å². The van der Waals surface area contributed by atoms with Crippen molar-refractivity contribution in [2.75, 3.05) is 7.11 Å². The number of amides is 1. The van der Waals surface area contributed by atoms with E-state index in [1.807, 2.05) is 0 Å². The van der Waals surface area contributed by atoms with Gasteiger partial charge in [-0.25, -0.2) is 4.39 Å². The highest BCUT2D eigenvalue weighted by molar-refractivity contribution is 5.77. The molecule has 4 nitrogen and oxygen atoms in total. The first-order valence-corrected chi connectivity index (χ1v) is 5.83. The van der Waals surface area contributed by atoms with Gasteiger partial charge in [-0.05, 0) is 26.0 Å². The van der Waals surface area contributed by atoms with Gasteiger partial charge in [-0.1, -0.05) is 6.07 Å². The zero-order valence-electron chi connectivity index (χ0n) is 10.9. The third-order valence-electron chi connectivity index (χ3n) is 2.55. The molecule has 3 N–H and O–H groups in total. The number of ether oxygens (including phenoxy) is 1. The molecule has 0 fully saturated rings. The average molecular weight is 254 g/mol. The lowest BCUT2D eigenvalue weighted by Gasteiger charge is -2.18. The Labute approximate surface area is 106 Å². The summed E-state index contributed by atoms with van der Waals surface area (Å²) in [5.41, 5.74) is 5.88. The number of hydrogen-bond donors (Lipinski definition) is 2. The van der Waals surface area contributed by atoms with E-state index in [-0.39, 0.29) is 18.4 Å². The maximum absolute atomic E-state index is 13.7. The molecule has 1 amide bonds. The van der Waals surface area contributed by atoms with Crippen LogP contribution in [0.5, 0.6) is 5.75 Å². The molecule has 1 aromatic carbocycles. The zero-order valence-corrected chi connectivity index (χ0v) is 10.9. The van der Waals surface area contributed by atoms with Crippen molar-refractivity contribution in [2.45, 2.75) is 32.4 Å². The van der Waals surface area contributed by atoms with Crippen LogP contribution in [0.15, 0.2) is 18.2 Å². The maximum Gasteiger partial charge on any atom is 0.222 e. The number of carbonyl (C=O) groups is 1. The van der Waals surface area contributed by atoms with Crippen LogP contribution in [0.3, 0.4) is 0 Å². The molecule has 0 radical (unpaired) electrons. The van der Waals surface area contributed by atoms with Crippen LogP contribution in [0.2, 0.25) is 0 Å². The van der Waals surface area contributed by atoms with Gasteiger partial charge in [0, 0.05) is 12.5 Å². The van der Waals surface area contributed by atoms with E-state index in [0.29, 0.717) is 11.3 Å². The van der Waals surface area contributed by atoms with E-state index in [2.05, 4.69) is 5.32 Å². The number of carbonyl (C=O) groups excluding carboxylic acids is 1. The summed E-state index contributed by atoms with van der Waals surface area (Å²) in [5, 5.41) is 2.70. The van der Waals surface area contributed by atoms with Crippen molar-refractivity contribution in [2.24, 2.45) is 5.73 Å². The van der Waals surface area contributed by atoms with Gasteiger partial charge in [-0.15, -0.1) is 0 Å². The van der Waals surface area contributed by atoms with E-state index >= 15 is 0 Å². The molecule has 0 spiro atoms. The Balaban J connectivity index is 2.84. The highest BCUT2D eigenvalue weighted by atomic mass is 19.1. The van der Waals surface area contributed by atoms with Gasteiger partial charge in [0.05, 0.1) is 18.7 Å². The van der Waals surface area contributed by atoms with Crippen LogP contribution >= 0.6 is 0 Å². The average Bonchev–Trinajstić information content (AvgIpc) is 2.26. The van der Waals surface area contributed by atoms with Gasteiger partial charge in [0.1, 0.15) is 11.6 Å². The topological polar surface area (TPSA) is 64.3 Å². The number of hydrogen-bond acceptors (Lipinski definition) is 3. The number of halogens is 1. The Bertz CT molecular complexity index is 421. The van der Waals surface area contributed by atoms with Crippen molar-refractivity contribution >= 4 is 5.91 Å². The maximum atomic E-state index is 13.7. The zero-order chi connectivity index (χ0) is 13.7. The Morgan fingerprint density at radius 1 is 1.50 bits per heavy atom. The van der Waals surface area contributed by atoms with Crippen molar-refractivity contribution in [3.63, 3.8) is 0 Å². The summed E-state index contributed by atoms with van der Waals surface area (Å²) in [5.74, 6) is -0.186. The summed E-state index contributed by atoms with van der Waals surface area (Å²) < 4.78 is 18.8. The van der Waals surface area contributed by atoms with E-state index in [0.717, 1.165) is 0 Å². The first kappa shape index (κ1) is 14.4. The van der Waals surface area contributed by atoms with Crippen LogP contribution in [0.4, 0.5) is 4.39 Å². The first-order valence-electron chi connectivity index (χ1n) is 5.83. The molecule has 0 saturated carbocycles. The van der Waals surface area contributed by atoms with Crippen LogP contribution in [0.25, 0.3) is 0 Å². The lowest BCUT2D eigenvalue weighted by molar-refractivity contribution is -0.122.